The molecule has 0 saturated heterocycles. The Kier molecular flexibility index (Phi) is 3.27. The van der Waals surface area contributed by atoms with Gasteiger partial charge in [-0.15, -0.1) is 0 Å². The van der Waals surface area contributed by atoms with E-state index >= 15 is 0 Å². The Morgan fingerprint density at radius 3 is 2.52 bits per heavy atom. The number of nitrogens with zero attached hydrogens (tertiary/aromatic N) is 1. The lowest BCUT2D eigenvalue weighted by molar-refractivity contribution is 0.162. The van der Waals surface area contributed by atoms with E-state index < -0.39 is 11.2 Å². The number of aromatic nitrogens is 2. The van der Waals surface area contributed by atoms with Crippen LogP contribution in [0.4, 0.5) is 0 Å². The molecule has 6 heteroatoms. The average molecular weight is 303 g/mol. The van der Waals surface area contributed by atoms with Crippen LogP contribution in [0.25, 0.3) is 10.9 Å². The van der Waals surface area contributed by atoms with Gasteiger partial charge in [-0.05, 0) is 23.6 Å². The van der Waals surface area contributed by atoms with Gasteiger partial charge < -0.3 is 10.2 Å². The van der Waals surface area contributed by atoms with Crippen LogP contribution in [0.3, 0.4) is 0 Å². The van der Waals surface area contributed by atoms with Crippen molar-refractivity contribution < 1.29 is 5.21 Å². The Hall–Kier alpha value is -2.53. The molecule has 21 heavy (non-hydrogen) atoms. The number of benzene rings is 2. The standard InChI is InChI=1S/C15H11ClN2O3/c16-11-7-6-10(8-9-4-2-1-3-5-9)13-12(11)14(19)18(21)15(20)17-13/h1-7,21H,8H2,(H,17,20). The zero-order chi connectivity index (χ0) is 15.0. The Morgan fingerprint density at radius 1 is 1.10 bits per heavy atom. The summed E-state index contributed by atoms with van der Waals surface area (Å²) in [6, 6.07) is 13.0. The molecule has 0 fully saturated rings. The molecule has 0 aliphatic rings. The van der Waals surface area contributed by atoms with Gasteiger partial charge in [0.25, 0.3) is 5.56 Å². The van der Waals surface area contributed by atoms with Gasteiger partial charge >= 0.3 is 5.69 Å². The van der Waals surface area contributed by atoms with Gasteiger partial charge in [-0.2, -0.15) is 0 Å². The molecule has 0 atom stereocenters. The van der Waals surface area contributed by atoms with Crippen molar-refractivity contribution in [2.45, 2.75) is 6.42 Å². The summed E-state index contributed by atoms with van der Waals surface area (Å²) in [7, 11) is 0. The second-order valence-electron chi connectivity index (χ2n) is 4.67. The van der Waals surface area contributed by atoms with Crippen LogP contribution in [0, 0.1) is 0 Å². The molecule has 0 amide bonds. The zero-order valence-corrected chi connectivity index (χ0v) is 11.6. The molecule has 1 aromatic heterocycles. The van der Waals surface area contributed by atoms with Crippen LogP contribution in [-0.2, 0) is 6.42 Å². The van der Waals surface area contributed by atoms with Crippen LogP contribution in [-0.4, -0.2) is 14.9 Å². The molecule has 0 spiro atoms. The topological polar surface area (TPSA) is 75.1 Å². The third-order valence-corrected chi connectivity index (χ3v) is 3.62. The van der Waals surface area contributed by atoms with Gasteiger partial charge in [0.2, 0.25) is 0 Å². The predicted octanol–water partition coefficient (Wildman–Crippen LogP) is 2.17. The second kappa shape index (κ2) is 5.10. The van der Waals surface area contributed by atoms with Gasteiger partial charge in [0.05, 0.1) is 15.9 Å². The van der Waals surface area contributed by atoms with E-state index in [0.717, 1.165) is 11.1 Å². The maximum Gasteiger partial charge on any atom is 0.362 e. The van der Waals surface area contributed by atoms with E-state index in [1.165, 1.54) is 0 Å². The largest absolute Gasteiger partial charge is 0.421 e. The molecular formula is C15H11ClN2O3. The number of hydrogen-bond donors (Lipinski definition) is 2. The van der Waals surface area contributed by atoms with E-state index in [4.69, 9.17) is 11.6 Å². The first-order chi connectivity index (χ1) is 10.1. The van der Waals surface area contributed by atoms with Crippen LogP contribution in [0.2, 0.25) is 5.02 Å². The highest BCUT2D eigenvalue weighted by Gasteiger charge is 2.13. The molecule has 0 aliphatic heterocycles. The molecule has 106 valence electrons. The minimum Gasteiger partial charge on any atom is -0.421 e. The first-order valence-corrected chi connectivity index (χ1v) is 6.65. The van der Waals surface area contributed by atoms with Crippen molar-refractivity contribution in [1.82, 2.24) is 9.71 Å². The molecule has 2 aromatic carbocycles. The zero-order valence-electron chi connectivity index (χ0n) is 10.8. The number of fused-ring (bicyclic) bond motifs is 1. The number of halogens is 1. The first-order valence-electron chi connectivity index (χ1n) is 6.27. The normalized spacial score (nSPS) is 10.9. The van der Waals surface area contributed by atoms with Crippen LogP contribution in [0.1, 0.15) is 11.1 Å². The van der Waals surface area contributed by atoms with Crippen molar-refractivity contribution in [2.75, 3.05) is 0 Å². The summed E-state index contributed by atoms with van der Waals surface area (Å²) in [6.07, 6.45) is 0.541. The van der Waals surface area contributed by atoms with E-state index in [2.05, 4.69) is 4.98 Å². The molecule has 0 saturated carbocycles. The Morgan fingerprint density at radius 2 is 1.81 bits per heavy atom. The molecule has 0 radical (unpaired) electrons. The highest BCUT2D eigenvalue weighted by Crippen LogP contribution is 2.23. The quantitative estimate of drug-likeness (QED) is 0.712. The monoisotopic (exact) mass is 302 g/mol. The van der Waals surface area contributed by atoms with Crippen LogP contribution in [0.15, 0.2) is 52.1 Å². The molecule has 2 N–H and O–H groups in total. The van der Waals surface area contributed by atoms with Crippen molar-refractivity contribution in [2.24, 2.45) is 0 Å². The molecule has 0 aliphatic carbocycles. The molecule has 0 unspecified atom stereocenters. The smallest absolute Gasteiger partial charge is 0.362 e. The Bertz CT molecular complexity index is 929. The van der Waals surface area contributed by atoms with Gasteiger partial charge in [-0.3, -0.25) is 4.79 Å². The number of rotatable bonds is 2. The fourth-order valence-electron chi connectivity index (χ4n) is 2.29. The highest BCUT2D eigenvalue weighted by atomic mass is 35.5. The Labute approximate surface area is 124 Å². The first kappa shape index (κ1) is 13.5. The molecule has 3 aromatic rings. The summed E-state index contributed by atoms with van der Waals surface area (Å²) >= 11 is 6.02. The molecular weight excluding hydrogens is 292 g/mol. The van der Waals surface area contributed by atoms with E-state index in [1.54, 1.807) is 12.1 Å². The number of aromatic amines is 1. The van der Waals surface area contributed by atoms with Crippen molar-refractivity contribution in [1.29, 1.82) is 0 Å². The number of H-pyrrole nitrogens is 1. The van der Waals surface area contributed by atoms with Gasteiger partial charge in [0, 0.05) is 0 Å². The van der Waals surface area contributed by atoms with E-state index in [9.17, 15) is 14.8 Å². The van der Waals surface area contributed by atoms with Crippen LogP contribution < -0.4 is 11.2 Å². The van der Waals surface area contributed by atoms with E-state index in [0.29, 0.717) is 11.9 Å². The van der Waals surface area contributed by atoms with Gasteiger partial charge in [0.15, 0.2) is 0 Å². The van der Waals surface area contributed by atoms with Gasteiger partial charge in [-0.25, -0.2) is 4.79 Å². The minimum atomic E-state index is -0.885. The van der Waals surface area contributed by atoms with Crippen molar-refractivity contribution in [3.63, 3.8) is 0 Å². The fraction of sp³-hybridized carbons (Fsp3) is 0.0667. The highest BCUT2D eigenvalue weighted by molar-refractivity contribution is 6.35. The van der Waals surface area contributed by atoms with Crippen molar-refractivity contribution in [3.8, 4) is 0 Å². The fourth-order valence-corrected chi connectivity index (χ4v) is 2.53. The van der Waals surface area contributed by atoms with Crippen LogP contribution in [0.5, 0.6) is 0 Å². The summed E-state index contributed by atoms with van der Waals surface area (Å²) in [5.74, 6) is 0. The summed E-state index contributed by atoms with van der Waals surface area (Å²) in [4.78, 5) is 26.1. The van der Waals surface area contributed by atoms with Crippen molar-refractivity contribution in [3.05, 3.63) is 79.5 Å². The molecule has 5 nitrogen and oxygen atoms in total. The Balaban J connectivity index is 2.28. The SMILES string of the molecule is O=c1[nH]c2c(Cc3ccccc3)ccc(Cl)c2c(=O)n1O. The van der Waals surface area contributed by atoms with E-state index in [1.807, 2.05) is 30.3 Å². The lowest BCUT2D eigenvalue weighted by Gasteiger charge is -2.08. The maximum atomic E-state index is 12.0. The molecule has 1 heterocycles. The molecule has 3 rings (SSSR count). The minimum absolute atomic E-state index is 0.0283. The lowest BCUT2D eigenvalue weighted by Crippen LogP contribution is -2.33. The maximum absolute atomic E-state index is 12.0. The number of nitrogens with one attached hydrogen (secondary N) is 1. The van der Waals surface area contributed by atoms with Gasteiger partial charge in [-0.1, -0.05) is 52.7 Å². The summed E-state index contributed by atoms with van der Waals surface area (Å²) in [5, 5.41) is 9.70. The van der Waals surface area contributed by atoms with Crippen LogP contribution >= 0.6 is 11.6 Å². The summed E-state index contributed by atoms with van der Waals surface area (Å²) in [5.41, 5.74) is 0.440. The number of hydrogen-bond acceptors (Lipinski definition) is 3. The van der Waals surface area contributed by atoms with E-state index in [-0.39, 0.29) is 15.1 Å². The summed E-state index contributed by atoms with van der Waals surface area (Å²) in [6.45, 7) is 0. The second-order valence-corrected chi connectivity index (χ2v) is 5.07. The summed E-state index contributed by atoms with van der Waals surface area (Å²) < 4.78 is 0.0283. The third kappa shape index (κ3) is 2.32. The lowest BCUT2D eigenvalue weighted by atomic mass is 10.0. The van der Waals surface area contributed by atoms with Crippen molar-refractivity contribution >= 4 is 22.5 Å². The average Bonchev–Trinajstić information content (AvgIpc) is 2.48. The van der Waals surface area contributed by atoms with Gasteiger partial charge in [0.1, 0.15) is 0 Å². The molecule has 0 bridgehead atoms. The third-order valence-electron chi connectivity index (χ3n) is 3.31. The predicted molar refractivity (Wildman–Crippen MR) is 80.3 cm³/mol.